The second kappa shape index (κ2) is 6.01. The second-order valence-corrected chi connectivity index (χ2v) is 6.20. The van der Waals surface area contributed by atoms with Crippen molar-refractivity contribution in [3.63, 3.8) is 0 Å². The number of esters is 1. The smallest absolute Gasteiger partial charge is 0.338 e. The summed E-state index contributed by atoms with van der Waals surface area (Å²) in [5, 5.41) is 0. The predicted octanol–water partition coefficient (Wildman–Crippen LogP) is 2.57. The molecule has 0 radical (unpaired) electrons. The van der Waals surface area contributed by atoms with Crippen LogP contribution in [0.4, 0.5) is 4.39 Å². The maximum atomic E-state index is 14.3. The highest BCUT2D eigenvalue weighted by molar-refractivity contribution is 7.79. The van der Waals surface area contributed by atoms with Crippen LogP contribution < -0.4 is 0 Å². The highest BCUT2D eigenvalue weighted by Gasteiger charge is 2.48. The van der Waals surface area contributed by atoms with E-state index in [4.69, 9.17) is 9.29 Å². The van der Waals surface area contributed by atoms with Crippen LogP contribution in [-0.4, -0.2) is 32.3 Å². The van der Waals surface area contributed by atoms with Gasteiger partial charge in [-0.2, -0.15) is 0 Å². The molecule has 20 heavy (non-hydrogen) atoms. The summed E-state index contributed by atoms with van der Waals surface area (Å²) in [6.07, 6.45) is -0.0662. The molecule has 0 amide bonds. The van der Waals surface area contributed by atoms with Gasteiger partial charge in [0, 0.05) is 5.92 Å². The van der Waals surface area contributed by atoms with E-state index in [-0.39, 0.29) is 12.2 Å². The number of hydrogen-bond donors (Lipinski definition) is 1. The van der Waals surface area contributed by atoms with Gasteiger partial charge < -0.3 is 9.29 Å². The van der Waals surface area contributed by atoms with E-state index in [0.29, 0.717) is 12.0 Å². The Balaban J connectivity index is 2.08. The van der Waals surface area contributed by atoms with E-state index in [0.717, 1.165) is 0 Å². The molecule has 4 nitrogen and oxygen atoms in total. The van der Waals surface area contributed by atoms with Crippen LogP contribution in [0, 0.1) is 5.92 Å². The van der Waals surface area contributed by atoms with Gasteiger partial charge >= 0.3 is 5.97 Å². The van der Waals surface area contributed by atoms with Gasteiger partial charge in [0.15, 0.2) is 11.1 Å². The number of ether oxygens (including phenoxy) is 1. The van der Waals surface area contributed by atoms with Crippen molar-refractivity contribution >= 4 is 17.0 Å². The second-order valence-electron chi connectivity index (χ2n) is 5.22. The SMILES string of the molecule is CC1(F)CCC(OC(=O)c2ccccc2)C1CS(=O)O. The lowest BCUT2D eigenvalue weighted by atomic mass is 9.95. The van der Waals surface area contributed by atoms with Crippen molar-refractivity contribution in [3.05, 3.63) is 35.9 Å². The summed E-state index contributed by atoms with van der Waals surface area (Å²) < 4.78 is 39.6. The highest BCUT2D eigenvalue weighted by atomic mass is 32.2. The van der Waals surface area contributed by atoms with Crippen molar-refractivity contribution in [1.82, 2.24) is 0 Å². The van der Waals surface area contributed by atoms with Crippen molar-refractivity contribution in [2.45, 2.75) is 31.5 Å². The van der Waals surface area contributed by atoms with E-state index in [1.807, 2.05) is 0 Å². The number of alkyl halides is 1. The summed E-state index contributed by atoms with van der Waals surface area (Å²) in [7, 11) is 0. The maximum absolute atomic E-state index is 14.3. The van der Waals surface area contributed by atoms with Gasteiger partial charge in [-0.1, -0.05) is 18.2 Å². The molecule has 6 heteroatoms. The molecule has 4 unspecified atom stereocenters. The minimum atomic E-state index is -2.11. The fourth-order valence-corrected chi connectivity index (χ4v) is 3.42. The van der Waals surface area contributed by atoms with Crippen LogP contribution in [0.5, 0.6) is 0 Å². The molecule has 1 aromatic rings. The van der Waals surface area contributed by atoms with Crippen LogP contribution in [-0.2, 0) is 15.8 Å². The largest absolute Gasteiger partial charge is 0.458 e. The van der Waals surface area contributed by atoms with E-state index >= 15 is 0 Å². The Hall–Kier alpha value is -1.27. The Morgan fingerprint density at radius 3 is 2.75 bits per heavy atom. The Morgan fingerprint density at radius 1 is 1.50 bits per heavy atom. The van der Waals surface area contributed by atoms with Gasteiger partial charge in [-0.05, 0) is 31.9 Å². The molecule has 1 aliphatic rings. The predicted molar refractivity (Wildman–Crippen MR) is 73.5 cm³/mol. The molecule has 1 aliphatic carbocycles. The molecular weight excluding hydrogens is 283 g/mol. The van der Waals surface area contributed by atoms with E-state index < -0.39 is 34.7 Å². The van der Waals surface area contributed by atoms with Gasteiger partial charge in [-0.25, -0.2) is 13.4 Å². The van der Waals surface area contributed by atoms with Crippen LogP contribution >= 0.6 is 0 Å². The Morgan fingerprint density at radius 2 is 2.15 bits per heavy atom. The van der Waals surface area contributed by atoms with Gasteiger partial charge in [0.1, 0.15) is 11.8 Å². The third-order valence-corrected chi connectivity index (χ3v) is 4.37. The minimum absolute atomic E-state index is 0.222. The highest BCUT2D eigenvalue weighted by Crippen LogP contribution is 2.41. The molecule has 110 valence electrons. The molecule has 1 N–H and O–H groups in total. The Kier molecular flexibility index (Phi) is 4.55. The van der Waals surface area contributed by atoms with E-state index in [1.165, 1.54) is 6.92 Å². The molecule has 0 saturated heterocycles. The first kappa shape index (κ1) is 15.1. The monoisotopic (exact) mass is 300 g/mol. The van der Waals surface area contributed by atoms with Crippen LogP contribution in [0.25, 0.3) is 0 Å². The number of carbonyl (C=O) groups is 1. The van der Waals surface area contributed by atoms with Crippen LogP contribution in [0.1, 0.15) is 30.1 Å². The topological polar surface area (TPSA) is 63.6 Å². The van der Waals surface area contributed by atoms with Crippen LogP contribution in [0.2, 0.25) is 0 Å². The third kappa shape index (κ3) is 3.43. The molecule has 0 spiro atoms. The van der Waals surface area contributed by atoms with Crippen LogP contribution in [0.15, 0.2) is 30.3 Å². The lowest BCUT2D eigenvalue weighted by Crippen LogP contribution is -2.36. The quantitative estimate of drug-likeness (QED) is 0.685. The summed E-state index contributed by atoms with van der Waals surface area (Å²) in [6.45, 7) is 1.39. The van der Waals surface area contributed by atoms with Gasteiger partial charge in [-0.3, -0.25) is 0 Å². The van der Waals surface area contributed by atoms with Gasteiger partial charge in [0.25, 0.3) is 0 Å². The number of carbonyl (C=O) groups excluding carboxylic acids is 1. The minimum Gasteiger partial charge on any atom is -0.458 e. The normalized spacial score (nSPS) is 30.9. The summed E-state index contributed by atoms with van der Waals surface area (Å²) >= 11 is -2.11. The zero-order valence-electron chi connectivity index (χ0n) is 11.1. The zero-order valence-corrected chi connectivity index (χ0v) is 11.9. The molecule has 1 fully saturated rings. The first-order valence-electron chi connectivity index (χ1n) is 6.42. The average Bonchev–Trinajstić information content (AvgIpc) is 2.67. The fourth-order valence-electron chi connectivity index (χ4n) is 2.55. The molecular formula is C14H17FO4S. The van der Waals surface area contributed by atoms with E-state index in [1.54, 1.807) is 30.3 Å². The molecule has 0 aromatic heterocycles. The number of halogens is 1. The molecule has 1 saturated carbocycles. The molecule has 2 rings (SSSR count). The van der Waals surface area contributed by atoms with Crippen molar-refractivity contribution in [3.8, 4) is 0 Å². The zero-order chi connectivity index (χ0) is 14.8. The Labute approximate surface area is 119 Å². The molecule has 0 heterocycles. The van der Waals surface area contributed by atoms with Crippen molar-refractivity contribution in [2.75, 3.05) is 5.75 Å². The van der Waals surface area contributed by atoms with E-state index in [2.05, 4.69) is 0 Å². The molecule has 4 atom stereocenters. The summed E-state index contributed by atoms with van der Waals surface area (Å²) in [5.74, 6) is -1.50. The maximum Gasteiger partial charge on any atom is 0.338 e. The van der Waals surface area contributed by atoms with Gasteiger partial charge in [0.05, 0.1) is 11.3 Å². The van der Waals surface area contributed by atoms with Crippen LogP contribution in [0.3, 0.4) is 0 Å². The molecule has 1 aromatic carbocycles. The third-order valence-electron chi connectivity index (χ3n) is 3.73. The fraction of sp³-hybridized carbons (Fsp3) is 0.500. The van der Waals surface area contributed by atoms with Crippen molar-refractivity contribution in [1.29, 1.82) is 0 Å². The number of benzene rings is 1. The number of rotatable bonds is 4. The standard InChI is InChI=1S/C14H17FO4S/c1-14(15)8-7-12(11(14)9-20(17)18)19-13(16)10-5-3-2-4-6-10/h2-6,11-12H,7-9H2,1H3,(H,17,18). The summed E-state index contributed by atoms with van der Waals surface area (Å²) in [4.78, 5) is 12.0. The average molecular weight is 300 g/mol. The Bertz CT molecular complexity index is 503. The molecule has 0 aliphatic heterocycles. The lowest BCUT2D eigenvalue weighted by molar-refractivity contribution is 0.0101. The first-order chi connectivity index (χ1) is 9.40. The van der Waals surface area contributed by atoms with Crippen molar-refractivity contribution in [2.24, 2.45) is 5.92 Å². The number of hydrogen-bond acceptors (Lipinski definition) is 3. The van der Waals surface area contributed by atoms with Gasteiger partial charge in [-0.15, -0.1) is 0 Å². The first-order valence-corrected chi connectivity index (χ1v) is 7.70. The van der Waals surface area contributed by atoms with Crippen molar-refractivity contribution < 1.29 is 22.7 Å². The lowest BCUT2D eigenvalue weighted by Gasteiger charge is -2.25. The van der Waals surface area contributed by atoms with Gasteiger partial charge in [0.2, 0.25) is 0 Å². The molecule has 0 bridgehead atoms. The summed E-state index contributed by atoms with van der Waals surface area (Å²) in [5.41, 5.74) is -1.19. The van der Waals surface area contributed by atoms with E-state index in [9.17, 15) is 13.4 Å². The summed E-state index contributed by atoms with van der Waals surface area (Å²) in [6, 6.07) is 8.44.